The van der Waals surface area contributed by atoms with E-state index in [4.69, 9.17) is 10.5 Å². The molecule has 2 aliphatic rings. The maximum atomic E-state index is 13.0. The molecule has 3 N–H and O–H groups in total. The first-order valence-corrected chi connectivity index (χ1v) is 11.7. The van der Waals surface area contributed by atoms with Crippen LogP contribution < -0.4 is 20.5 Å². The number of aromatic nitrogens is 1. The molecule has 1 aromatic heterocycles. The first-order chi connectivity index (χ1) is 15.4. The Kier molecular flexibility index (Phi) is 5.51. The number of amidine groups is 1. The summed E-state index contributed by atoms with van der Waals surface area (Å²) in [4.78, 5) is 21.0. The summed E-state index contributed by atoms with van der Waals surface area (Å²) in [5.74, 6) is -0.533. The summed E-state index contributed by atoms with van der Waals surface area (Å²) in [7, 11) is -3.63. The second-order valence-corrected chi connectivity index (χ2v) is 10.9. The molecule has 0 bridgehead atoms. The van der Waals surface area contributed by atoms with Gasteiger partial charge >= 0.3 is 6.61 Å². The van der Waals surface area contributed by atoms with E-state index in [9.17, 15) is 22.0 Å². The maximum absolute atomic E-state index is 13.0. The fraction of sp³-hybridized carbons (Fsp3) is 0.381. The number of hydrogen-bond donors (Lipinski definition) is 2. The monoisotopic (exact) mass is 480 g/mol. The van der Waals surface area contributed by atoms with E-state index in [2.05, 4.69) is 20.0 Å². The van der Waals surface area contributed by atoms with Crippen LogP contribution in [0.5, 0.6) is 11.5 Å². The Morgan fingerprint density at radius 2 is 2.03 bits per heavy atom. The molecule has 0 fully saturated rings. The minimum Gasteiger partial charge on any atom is -0.493 e. The molecule has 1 aromatic carbocycles. The normalized spacial score (nSPS) is 22.8. The summed E-state index contributed by atoms with van der Waals surface area (Å²) >= 11 is 0. The highest BCUT2D eigenvalue weighted by atomic mass is 32.2. The number of nitrogens with one attached hydrogen (secondary N) is 1. The molecular weight excluding hydrogens is 458 g/mol. The van der Waals surface area contributed by atoms with Crippen LogP contribution in [0.15, 0.2) is 41.5 Å². The molecule has 9 nitrogen and oxygen atoms in total. The van der Waals surface area contributed by atoms with Crippen LogP contribution in [0, 0.1) is 0 Å². The number of rotatable bonds is 4. The van der Waals surface area contributed by atoms with Gasteiger partial charge in [0.2, 0.25) is 0 Å². The number of amides is 1. The van der Waals surface area contributed by atoms with Crippen molar-refractivity contribution in [3.8, 4) is 11.5 Å². The lowest BCUT2D eigenvalue weighted by Crippen LogP contribution is -2.56. The van der Waals surface area contributed by atoms with Gasteiger partial charge < -0.3 is 20.5 Å². The van der Waals surface area contributed by atoms with E-state index in [-0.39, 0.29) is 29.6 Å². The van der Waals surface area contributed by atoms with Gasteiger partial charge in [-0.25, -0.2) is 13.4 Å². The summed E-state index contributed by atoms with van der Waals surface area (Å²) in [5, 5.41) is 2.66. The van der Waals surface area contributed by atoms with Crippen molar-refractivity contribution in [2.75, 3.05) is 17.7 Å². The molecule has 33 heavy (non-hydrogen) atoms. The molecule has 0 unspecified atom stereocenters. The number of alkyl halides is 2. The van der Waals surface area contributed by atoms with Crippen LogP contribution in [0.4, 0.5) is 14.5 Å². The van der Waals surface area contributed by atoms with Crippen LogP contribution in [-0.4, -0.2) is 48.9 Å². The van der Waals surface area contributed by atoms with Crippen molar-refractivity contribution in [2.45, 2.75) is 37.2 Å². The van der Waals surface area contributed by atoms with E-state index in [1.807, 2.05) is 0 Å². The lowest BCUT2D eigenvalue weighted by Gasteiger charge is -2.42. The van der Waals surface area contributed by atoms with Gasteiger partial charge in [-0.15, -0.1) is 0 Å². The van der Waals surface area contributed by atoms with E-state index in [1.54, 1.807) is 18.2 Å². The Bertz CT molecular complexity index is 1230. The van der Waals surface area contributed by atoms with Crippen LogP contribution in [-0.2, 0) is 15.4 Å². The highest BCUT2D eigenvalue weighted by Crippen LogP contribution is 2.46. The molecule has 0 saturated carbocycles. The van der Waals surface area contributed by atoms with Crippen molar-refractivity contribution in [3.05, 3.63) is 47.8 Å². The van der Waals surface area contributed by atoms with Gasteiger partial charge in [-0.05, 0) is 44.2 Å². The standard InChI is InChI=1S/C21H22F2N4O5S/c1-20(2)18(24)27-21(11-33(20,29)30)7-8-31-16-6-3-12(9-14(16)21)26-17(28)15-5-4-13(10-25-15)32-19(22)23/h3-6,9-10,19H,7-8,11H2,1-2H3,(H2,24,27)(H,26,28)/t21-/m0/s1. The van der Waals surface area contributed by atoms with Gasteiger partial charge in [0.1, 0.15) is 33.3 Å². The van der Waals surface area contributed by atoms with Crippen LogP contribution >= 0.6 is 0 Å². The number of pyridine rings is 1. The molecule has 1 spiro atoms. The molecule has 0 saturated heterocycles. The summed E-state index contributed by atoms with van der Waals surface area (Å²) in [6.07, 6.45) is 1.32. The number of hydrogen-bond acceptors (Lipinski definition) is 8. The number of nitrogens with two attached hydrogens (primary N) is 1. The molecule has 176 valence electrons. The maximum Gasteiger partial charge on any atom is 0.387 e. The number of ether oxygens (including phenoxy) is 2. The van der Waals surface area contributed by atoms with Crippen LogP contribution in [0.25, 0.3) is 0 Å². The molecule has 1 atom stereocenters. The Morgan fingerprint density at radius 1 is 1.27 bits per heavy atom. The predicted molar refractivity (Wildman–Crippen MR) is 117 cm³/mol. The minimum atomic E-state index is -3.63. The van der Waals surface area contributed by atoms with Gasteiger partial charge in [0, 0.05) is 17.7 Å². The zero-order valence-electron chi connectivity index (χ0n) is 17.8. The number of aliphatic imine (C=N–C) groups is 1. The number of nitrogens with zero attached hydrogens (tertiary/aromatic N) is 2. The van der Waals surface area contributed by atoms with Gasteiger partial charge in [-0.2, -0.15) is 8.78 Å². The van der Waals surface area contributed by atoms with Crippen LogP contribution in [0.2, 0.25) is 0 Å². The quantitative estimate of drug-likeness (QED) is 0.687. The SMILES string of the molecule is CC1(C)C(N)=N[C@@]2(CCOc3ccc(NC(=O)c4ccc(OC(F)F)cn4)cc32)CS1(=O)=O. The van der Waals surface area contributed by atoms with Gasteiger partial charge in [0.15, 0.2) is 9.84 Å². The Labute approximate surface area is 188 Å². The minimum absolute atomic E-state index is 0.0198. The van der Waals surface area contributed by atoms with Gasteiger partial charge in [0.25, 0.3) is 5.91 Å². The van der Waals surface area contributed by atoms with E-state index in [0.29, 0.717) is 23.4 Å². The van der Waals surface area contributed by atoms with E-state index in [0.717, 1.165) is 6.20 Å². The molecule has 2 aliphatic heterocycles. The molecule has 0 radical (unpaired) electrons. The van der Waals surface area contributed by atoms with E-state index in [1.165, 1.54) is 26.0 Å². The Morgan fingerprint density at radius 3 is 2.67 bits per heavy atom. The molecule has 2 aromatic rings. The molecule has 4 rings (SSSR count). The number of carbonyl (C=O) groups excluding carboxylic acids is 1. The topological polar surface area (TPSA) is 133 Å². The van der Waals surface area contributed by atoms with Gasteiger partial charge in [-0.1, -0.05) is 0 Å². The van der Waals surface area contributed by atoms with Crippen molar-refractivity contribution >= 4 is 27.3 Å². The third kappa shape index (κ3) is 4.10. The number of anilines is 1. The Hall–Kier alpha value is -3.28. The highest BCUT2D eigenvalue weighted by molar-refractivity contribution is 7.93. The summed E-state index contributed by atoms with van der Waals surface area (Å²) < 4.78 is 59.2. The third-order valence-electron chi connectivity index (χ3n) is 5.86. The summed E-state index contributed by atoms with van der Waals surface area (Å²) in [6, 6.07) is 7.27. The van der Waals surface area contributed by atoms with Crippen molar-refractivity contribution in [1.29, 1.82) is 0 Å². The molecule has 0 aliphatic carbocycles. The molecule has 3 heterocycles. The van der Waals surface area contributed by atoms with E-state index < -0.39 is 32.6 Å². The molecular formula is C21H22F2N4O5S. The predicted octanol–water partition coefficient (Wildman–Crippen LogP) is 2.48. The van der Waals surface area contributed by atoms with Crippen molar-refractivity contribution in [1.82, 2.24) is 4.98 Å². The van der Waals surface area contributed by atoms with Crippen molar-refractivity contribution < 1.29 is 31.5 Å². The number of carbonyl (C=O) groups is 1. The van der Waals surface area contributed by atoms with Crippen LogP contribution in [0.3, 0.4) is 0 Å². The second kappa shape index (κ2) is 7.94. The highest BCUT2D eigenvalue weighted by Gasteiger charge is 2.52. The lowest BCUT2D eigenvalue weighted by atomic mass is 9.85. The zero-order valence-corrected chi connectivity index (χ0v) is 18.7. The fourth-order valence-electron chi connectivity index (χ4n) is 3.76. The van der Waals surface area contributed by atoms with E-state index >= 15 is 0 Å². The van der Waals surface area contributed by atoms with Gasteiger partial charge in [-0.3, -0.25) is 9.79 Å². The largest absolute Gasteiger partial charge is 0.493 e. The number of fused-ring (bicyclic) bond motifs is 2. The van der Waals surface area contributed by atoms with Crippen molar-refractivity contribution in [2.24, 2.45) is 10.7 Å². The number of halogens is 2. The molecule has 12 heteroatoms. The lowest BCUT2D eigenvalue weighted by molar-refractivity contribution is -0.0500. The van der Waals surface area contributed by atoms with Gasteiger partial charge in [0.05, 0.1) is 18.6 Å². The Balaban J connectivity index is 1.64. The smallest absolute Gasteiger partial charge is 0.387 e. The average Bonchev–Trinajstić information content (AvgIpc) is 2.73. The molecule has 1 amide bonds. The number of sulfone groups is 1. The summed E-state index contributed by atoms with van der Waals surface area (Å²) in [5.41, 5.74) is 5.79. The second-order valence-electron chi connectivity index (χ2n) is 8.32. The number of benzene rings is 1. The van der Waals surface area contributed by atoms with Crippen LogP contribution in [0.1, 0.15) is 36.3 Å². The average molecular weight is 480 g/mol. The summed E-state index contributed by atoms with van der Waals surface area (Å²) in [6.45, 7) is 0.315. The first kappa shape index (κ1) is 22.9. The first-order valence-electron chi connectivity index (χ1n) is 10.0. The fourth-order valence-corrected chi connectivity index (χ4v) is 5.48. The zero-order chi connectivity index (χ0) is 24.0. The third-order valence-corrected chi connectivity index (χ3v) is 8.49. The van der Waals surface area contributed by atoms with Crippen molar-refractivity contribution in [3.63, 3.8) is 0 Å².